The van der Waals surface area contributed by atoms with E-state index in [9.17, 15) is 0 Å². The van der Waals surface area contributed by atoms with Gasteiger partial charge in [-0.1, -0.05) is 24.3 Å². The number of fused-ring (bicyclic) bond motifs is 1. The Morgan fingerprint density at radius 1 is 1.12 bits per heavy atom. The average Bonchev–Trinajstić information content (AvgIpc) is 2.61. The monoisotopic (exact) mass is 320 g/mol. The zero-order valence-electron chi connectivity index (χ0n) is 13.7. The molecule has 0 amide bonds. The van der Waals surface area contributed by atoms with Crippen molar-refractivity contribution in [3.63, 3.8) is 0 Å². The Kier molecular flexibility index (Phi) is 5.13. The van der Waals surface area contributed by atoms with Gasteiger partial charge in [-0.2, -0.15) is 0 Å². The zero-order chi connectivity index (χ0) is 16.8. The van der Waals surface area contributed by atoms with Crippen LogP contribution in [0.1, 0.15) is 6.92 Å². The summed E-state index contributed by atoms with van der Waals surface area (Å²) in [4.78, 5) is 13.4. The van der Waals surface area contributed by atoms with Gasteiger partial charge in [-0.15, -0.1) is 0 Å². The van der Waals surface area contributed by atoms with Crippen LogP contribution in [0.2, 0.25) is 0 Å². The summed E-state index contributed by atoms with van der Waals surface area (Å²) < 4.78 is 5.53. The van der Waals surface area contributed by atoms with E-state index in [1.54, 1.807) is 12.4 Å². The third-order valence-electron chi connectivity index (χ3n) is 3.43. The summed E-state index contributed by atoms with van der Waals surface area (Å²) in [7, 11) is 0. The van der Waals surface area contributed by atoms with E-state index in [0.717, 1.165) is 27.9 Å². The summed E-state index contributed by atoms with van der Waals surface area (Å²) in [5.74, 6) is 1.49. The zero-order valence-corrected chi connectivity index (χ0v) is 13.7. The molecule has 0 aliphatic carbocycles. The smallest absolute Gasteiger partial charge is 0.162 e. The first-order chi connectivity index (χ1) is 11.7. The van der Waals surface area contributed by atoms with Crippen molar-refractivity contribution in [2.45, 2.75) is 6.92 Å². The van der Waals surface area contributed by atoms with Crippen LogP contribution in [0.15, 0.2) is 60.9 Å². The molecule has 0 saturated heterocycles. The maximum atomic E-state index is 5.53. The predicted octanol–water partition coefficient (Wildman–Crippen LogP) is 3.70. The summed E-state index contributed by atoms with van der Waals surface area (Å²) in [6.07, 6.45) is 3.49. The molecule has 1 aromatic carbocycles. The highest BCUT2D eigenvalue weighted by atomic mass is 16.5. The molecule has 0 saturated carbocycles. The van der Waals surface area contributed by atoms with Gasteiger partial charge >= 0.3 is 0 Å². The number of pyridine rings is 1. The second-order valence-electron chi connectivity index (χ2n) is 5.59. The number of rotatable bonds is 7. The quantitative estimate of drug-likeness (QED) is 0.531. The minimum Gasteiger partial charge on any atom is -0.375 e. The molecule has 2 heterocycles. The molecule has 3 rings (SSSR count). The summed E-state index contributed by atoms with van der Waals surface area (Å²) in [6.45, 7) is 7.62. The van der Waals surface area contributed by atoms with Crippen molar-refractivity contribution in [3.05, 3.63) is 60.9 Å². The Labute approximate surface area is 141 Å². The molecule has 0 fully saturated rings. The molecule has 122 valence electrons. The van der Waals surface area contributed by atoms with Gasteiger partial charge in [0.1, 0.15) is 5.82 Å². The fraction of sp³-hybridized carbons (Fsp3) is 0.211. The molecule has 5 nitrogen and oxygen atoms in total. The Hall–Kier alpha value is -2.79. The lowest BCUT2D eigenvalue weighted by atomic mass is 10.2. The van der Waals surface area contributed by atoms with Gasteiger partial charge < -0.3 is 10.1 Å². The lowest BCUT2D eigenvalue weighted by Crippen LogP contribution is -2.12. The average molecular weight is 320 g/mol. The van der Waals surface area contributed by atoms with Gasteiger partial charge in [0, 0.05) is 29.9 Å². The molecule has 0 aliphatic heterocycles. The van der Waals surface area contributed by atoms with Crippen molar-refractivity contribution in [1.29, 1.82) is 0 Å². The number of para-hydroxylation sites is 1. The summed E-state index contributed by atoms with van der Waals surface area (Å²) in [5.41, 5.74) is 2.87. The fourth-order valence-corrected chi connectivity index (χ4v) is 2.33. The van der Waals surface area contributed by atoms with Crippen LogP contribution < -0.4 is 5.32 Å². The van der Waals surface area contributed by atoms with Gasteiger partial charge in [0.05, 0.1) is 18.7 Å². The lowest BCUT2D eigenvalue weighted by molar-refractivity contribution is 0.167. The van der Waals surface area contributed by atoms with E-state index in [2.05, 4.69) is 26.8 Å². The van der Waals surface area contributed by atoms with Crippen LogP contribution in [0.5, 0.6) is 0 Å². The van der Waals surface area contributed by atoms with Gasteiger partial charge in [0.25, 0.3) is 0 Å². The number of nitrogens with one attached hydrogen (secondary N) is 1. The molecule has 0 atom stereocenters. The summed E-state index contributed by atoms with van der Waals surface area (Å²) >= 11 is 0. The highest BCUT2D eigenvalue weighted by Crippen LogP contribution is 2.24. The molecular weight excluding hydrogens is 300 g/mol. The molecule has 3 aromatic rings. The van der Waals surface area contributed by atoms with Gasteiger partial charge in [0.15, 0.2) is 5.82 Å². The highest BCUT2D eigenvalue weighted by molar-refractivity contribution is 5.90. The first kappa shape index (κ1) is 16.1. The first-order valence-corrected chi connectivity index (χ1v) is 7.87. The van der Waals surface area contributed by atoms with E-state index in [1.165, 1.54) is 0 Å². The van der Waals surface area contributed by atoms with Crippen molar-refractivity contribution in [2.75, 3.05) is 25.1 Å². The van der Waals surface area contributed by atoms with Crippen molar-refractivity contribution >= 4 is 16.7 Å². The van der Waals surface area contributed by atoms with E-state index in [1.807, 2.05) is 43.3 Å². The second kappa shape index (κ2) is 7.66. The fourth-order valence-electron chi connectivity index (χ4n) is 2.33. The Balaban J connectivity index is 1.84. The normalized spacial score (nSPS) is 10.7. The molecule has 5 heteroatoms. The maximum absolute atomic E-state index is 5.53. The maximum Gasteiger partial charge on any atom is 0.162 e. The van der Waals surface area contributed by atoms with Gasteiger partial charge in [-0.05, 0) is 31.2 Å². The first-order valence-electron chi connectivity index (χ1n) is 7.87. The molecule has 0 unspecified atom stereocenters. The van der Waals surface area contributed by atoms with Gasteiger partial charge in [-0.25, -0.2) is 9.97 Å². The van der Waals surface area contributed by atoms with Crippen LogP contribution in [-0.4, -0.2) is 34.7 Å². The number of aromatic nitrogens is 3. The molecule has 2 aromatic heterocycles. The van der Waals surface area contributed by atoms with Crippen LogP contribution >= 0.6 is 0 Å². The Morgan fingerprint density at radius 2 is 1.92 bits per heavy atom. The standard InChI is InChI=1S/C19H20N4O/c1-14(2)13-24-12-11-21-19-16-5-3-4-6-17(16)22-18(23-19)15-7-9-20-10-8-15/h3-10H,1,11-13H2,2H3,(H,21,22,23). The number of benzene rings is 1. The van der Waals surface area contributed by atoms with Crippen molar-refractivity contribution in [1.82, 2.24) is 15.0 Å². The summed E-state index contributed by atoms with van der Waals surface area (Å²) in [6, 6.07) is 11.8. The van der Waals surface area contributed by atoms with Crippen molar-refractivity contribution in [3.8, 4) is 11.4 Å². The highest BCUT2D eigenvalue weighted by Gasteiger charge is 2.08. The van der Waals surface area contributed by atoms with Gasteiger partial charge in [-0.3, -0.25) is 4.98 Å². The summed E-state index contributed by atoms with van der Waals surface area (Å²) in [5, 5.41) is 4.35. The number of nitrogens with zero attached hydrogens (tertiary/aromatic N) is 3. The van der Waals surface area contributed by atoms with Crippen LogP contribution in [-0.2, 0) is 4.74 Å². The topological polar surface area (TPSA) is 59.9 Å². The molecule has 0 spiro atoms. The van der Waals surface area contributed by atoms with E-state index < -0.39 is 0 Å². The van der Waals surface area contributed by atoms with E-state index in [0.29, 0.717) is 25.6 Å². The van der Waals surface area contributed by atoms with E-state index in [-0.39, 0.29) is 0 Å². The van der Waals surface area contributed by atoms with E-state index >= 15 is 0 Å². The molecule has 0 bridgehead atoms. The van der Waals surface area contributed by atoms with Crippen molar-refractivity contribution in [2.24, 2.45) is 0 Å². The predicted molar refractivity (Wildman–Crippen MR) is 96.9 cm³/mol. The third kappa shape index (κ3) is 3.94. The van der Waals surface area contributed by atoms with Crippen LogP contribution in [0.4, 0.5) is 5.82 Å². The molecule has 24 heavy (non-hydrogen) atoms. The van der Waals surface area contributed by atoms with E-state index in [4.69, 9.17) is 4.74 Å². The molecule has 0 radical (unpaired) electrons. The Morgan fingerprint density at radius 3 is 2.71 bits per heavy atom. The van der Waals surface area contributed by atoms with Crippen LogP contribution in [0, 0.1) is 0 Å². The number of anilines is 1. The molecular formula is C19H20N4O. The number of hydrogen-bond acceptors (Lipinski definition) is 5. The minimum atomic E-state index is 0.578. The Bertz CT molecular complexity index is 833. The largest absolute Gasteiger partial charge is 0.375 e. The minimum absolute atomic E-state index is 0.578. The van der Waals surface area contributed by atoms with Crippen LogP contribution in [0.25, 0.3) is 22.3 Å². The molecule has 0 aliphatic rings. The third-order valence-corrected chi connectivity index (χ3v) is 3.43. The SMILES string of the molecule is C=C(C)COCCNc1nc(-c2ccncc2)nc2ccccc12. The lowest BCUT2D eigenvalue weighted by Gasteiger charge is -2.11. The number of ether oxygens (including phenoxy) is 1. The second-order valence-corrected chi connectivity index (χ2v) is 5.59. The van der Waals surface area contributed by atoms with Gasteiger partial charge in [0.2, 0.25) is 0 Å². The van der Waals surface area contributed by atoms with Crippen molar-refractivity contribution < 1.29 is 4.74 Å². The number of hydrogen-bond donors (Lipinski definition) is 1. The molecule has 1 N–H and O–H groups in total. The van der Waals surface area contributed by atoms with Crippen LogP contribution in [0.3, 0.4) is 0 Å².